The van der Waals surface area contributed by atoms with Gasteiger partial charge in [-0.05, 0) is 25.0 Å². The summed E-state index contributed by atoms with van der Waals surface area (Å²) >= 11 is 5.79. The predicted molar refractivity (Wildman–Crippen MR) is 61.1 cm³/mol. The van der Waals surface area contributed by atoms with Crippen molar-refractivity contribution in [2.45, 2.75) is 37.8 Å². The van der Waals surface area contributed by atoms with E-state index in [0.717, 1.165) is 24.9 Å². The molecular formula is C11H15ClN2O. The normalized spacial score (nSPS) is 26.3. The molecule has 0 aromatic carbocycles. The zero-order chi connectivity index (χ0) is 10.7. The van der Waals surface area contributed by atoms with Gasteiger partial charge in [-0.3, -0.25) is 0 Å². The number of anilines is 1. The van der Waals surface area contributed by atoms with Crippen LogP contribution in [0.4, 0.5) is 5.69 Å². The Morgan fingerprint density at radius 3 is 2.93 bits per heavy atom. The van der Waals surface area contributed by atoms with E-state index >= 15 is 0 Å². The van der Waals surface area contributed by atoms with Crippen molar-refractivity contribution in [3.63, 3.8) is 0 Å². The zero-order valence-corrected chi connectivity index (χ0v) is 9.24. The van der Waals surface area contributed by atoms with Gasteiger partial charge in [0, 0.05) is 11.9 Å². The summed E-state index contributed by atoms with van der Waals surface area (Å²) < 4.78 is 0. The fraction of sp³-hybridized carbons (Fsp3) is 0.545. The van der Waals surface area contributed by atoms with Crippen LogP contribution < -0.4 is 5.32 Å². The van der Waals surface area contributed by atoms with Crippen LogP contribution in [0, 0.1) is 0 Å². The quantitative estimate of drug-likeness (QED) is 0.762. The van der Waals surface area contributed by atoms with Gasteiger partial charge in [0.2, 0.25) is 0 Å². The maximum Gasteiger partial charge on any atom is 0.131 e. The number of pyridine rings is 1. The summed E-state index contributed by atoms with van der Waals surface area (Å²) in [6.45, 7) is 0. The molecule has 3 nitrogen and oxygen atoms in total. The molecule has 1 aliphatic carbocycles. The number of aliphatic hydroxyl groups is 1. The molecule has 15 heavy (non-hydrogen) atoms. The van der Waals surface area contributed by atoms with Crippen molar-refractivity contribution >= 4 is 17.3 Å². The van der Waals surface area contributed by atoms with Crippen LogP contribution in [0.25, 0.3) is 0 Å². The van der Waals surface area contributed by atoms with Gasteiger partial charge in [0.05, 0.1) is 12.1 Å². The highest BCUT2D eigenvalue weighted by atomic mass is 35.5. The lowest BCUT2D eigenvalue weighted by Crippen LogP contribution is -2.36. The first-order chi connectivity index (χ1) is 7.25. The van der Waals surface area contributed by atoms with Crippen molar-refractivity contribution < 1.29 is 5.11 Å². The summed E-state index contributed by atoms with van der Waals surface area (Å²) in [5.41, 5.74) is 0.931. The fourth-order valence-corrected chi connectivity index (χ4v) is 2.16. The van der Waals surface area contributed by atoms with Crippen molar-refractivity contribution in [1.29, 1.82) is 0 Å². The van der Waals surface area contributed by atoms with Crippen LogP contribution in [-0.4, -0.2) is 22.2 Å². The Morgan fingerprint density at radius 2 is 2.20 bits per heavy atom. The van der Waals surface area contributed by atoms with E-state index in [2.05, 4.69) is 10.3 Å². The maximum absolute atomic E-state index is 9.79. The molecule has 2 rings (SSSR count). The third-order valence-electron chi connectivity index (χ3n) is 2.81. The molecule has 1 saturated carbocycles. The van der Waals surface area contributed by atoms with E-state index < -0.39 is 0 Å². The molecule has 0 radical (unpaired) electrons. The minimum absolute atomic E-state index is 0.150. The van der Waals surface area contributed by atoms with Gasteiger partial charge in [0.25, 0.3) is 0 Å². The molecule has 0 spiro atoms. The van der Waals surface area contributed by atoms with Crippen molar-refractivity contribution in [2.75, 3.05) is 5.32 Å². The largest absolute Gasteiger partial charge is 0.391 e. The second-order valence-corrected chi connectivity index (χ2v) is 4.36. The van der Waals surface area contributed by atoms with Crippen LogP contribution in [0.5, 0.6) is 0 Å². The fourth-order valence-electron chi connectivity index (χ4n) is 1.99. The van der Waals surface area contributed by atoms with Crippen LogP contribution in [0.2, 0.25) is 5.15 Å². The first-order valence-corrected chi connectivity index (χ1v) is 5.69. The third kappa shape index (κ3) is 2.83. The van der Waals surface area contributed by atoms with Gasteiger partial charge in [0.1, 0.15) is 5.15 Å². The molecule has 1 heterocycles. The van der Waals surface area contributed by atoms with Crippen LogP contribution in [-0.2, 0) is 0 Å². The number of aromatic nitrogens is 1. The number of nitrogens with one attached hydrogen (secondary N) is 1. The van der Waals surface area contributed by atoms with Crippen LogP contribution in [0.15, 0.2) is 18.3 Å². The smallest absolute Gasteiger partial charge is 0.131 e. The van der Waals surface area contributed by atoms with Gasteiger partial charge in [-0.15, -0.1) is 0 Å². The first-order valence-electron chi connectivity index (χ1n) is 5.32. The van der Waals surface area contributed by atoms with E-state index in [4.69, 9.17) is 11.6 Å². The summed E-state index contributed by atoms with van der Waals surface area (Å²) in [4.78, 5) is 3.91. The van der Waals surface area contributed by atoms with Crippen molar-refractivity contribution in [3.05, 3.63) is 23.5 Å². The lowest BCUT2D eigenvalue weighted by Gasteiger charge is -2.29. The Morgan fingerprint density at radius 1 is 1.40 bits per heavy atom. The minimum Gasteiger partial charge on any atom is -0.391 e. The lowest BCUT2D eigenvalue weighted by atomic mass is 9.92. The Balaban J connectivity index is 2.01. The highest BCUT2D eigenvalue weighted by molar-refractivity contribution is 6.29. The van der Waals surface area contributed by atoms with Crippen molar-refractivity contribution in [1.82, 2.24) is 4.98 Å². The molecule has 0 saturated heterocycles. The number of rotatable bonds is 2. The molecule has 1 aliphatic rings. The number of hydrogen-bond acceptors (Lipinski definition) is 3. The van der Waals surface area contributed by atoms with Gasteiger partial charge in [-0.2, -0.15) is 0 Å². The van der Waals surface area contributed by atoms with Crippen LogP contribution in [0.1, 0.15) is 25.7 Å². The SMILES string of the molecule is O[C@H]1CCCC[C@@H]1Nc1ccnc(Cl)c1. The maximum atomic E-state index is 9.79. The number of nitrogens with zero attached hydrogens (tertiary/aromatic N) is 1. The minimum atomic E-state index is -0.245. The molecule has 0 aliphatic heterocycles. The van der Waals surface area contributed by atoms with Crippen LogP contribution >= 0.6 is 11.6 Å². The van der Waals surface area contributed by atoms with Crippen LogP contribution in [0.3, 0.4) is 0 Å². The third-order valence-corrected chi connectivity index (χ3v) is 3.01. The summed E-state index contributed by atoms with van der Waals surface area (Å²) in [6.07, 6.45) is 5.62. The van der Waals surface area contributed by atoms with Crippen molar-refractivity contribution in [2.24, 2.45) is 0 Å². The van der Waals surface area contributed by atoms with Gasteiger partial charge >= 0.3 is 0 Å². The average Bonchev–Trinajstić information content (AvgIpc) is 2.22. The van der Waals surface area contributed by atoms with E-state index in [0.29, 0.717) is 5.15 Å². The number of aliphatic hydroxyl groups excluding tert-OH is 1. The Bertz CT molecular complexity index is 332. The summed E-state index contributed by atoms with van der Waals surface area (Å²) in [6, 6.07) is 3.80. The Labute approximate surface area is 94.5 Å². The zero-order valence-electron chi connectivity index (χ0n) is 8.49. The standard InChI is InChI=1S/C11H15ClN2O/c12-11-7-8(5-6-13-11)14-9-3-1-2-4-10(9)15/h5-7,9-10,15H,1-4H2,(H,13,14)/t9-,10-/m0/s1. The summed E-state index contributed by atoms with van der Waals surface area (Å²) in [5.74, 6) is 0. The first kappa shape index (κ1) is 10.7. The highest BCUT2D eigenvalue weighted by Gasteiger charge is 2.22. The van der Waals surface area contributed by atoms with Gasteiger partial charge < -0.3 is 10.4 Å². The van der Waals surface area contributed by atoms with Gasteiger partial charge in [-0.1, -0.05) is 24.4 Å². The Hall–Kier alpha value is -0.800. The second kappa shape index (κ2) is 4.81. The number of halogens is 1. The molecule has 0 unspecified atom stereocenters. The highest BCUT2D eigenvalue weighted by Crippen LogP contribution is 2.22. The van der Waals surface area contributed by atoms with E-state index in [9.17, 15) is 5.11 Å². The number of hydrogen-bond donors (Lipinski definition) is 2. The molecule has 2 N–H and O–H groups in total. The molecule has 0 amide bonds. The predicted octanol–water partition coefficient (Wildman–Crippen LogP) is 2.45. The molecule has 0 bridgehead atoms. The molecule has 82 valence electrons. The molecule has 2 atom stereocenters. The second-order valence-electron chi connectivity index (χ2n) is 3.97. The molecular weight excluding hydrogens is 212 g/mol. The van der Waals surface area contributed by atoms with Gasteiger partial charge in [0.15, 0.2) is 0 Å². The van der Waals surface area contributed by atoms with E-state index in [-0.39, 0.29) is 12.1 Å². The summed E-state index contributed by atoms with van der Waals surface area (Å²) in [7, 11) is 0. The van der Waals surface area contributed by atoms with E-state index in [1.54, 1.807) is 12.3 Å². The molecule has 1 aromatic rings. The Kier molecular flexibility index (Phi) is 3.44. The van der Waals surface area contributed by atoms with E-state index in [1.807, 2.05) is 6.07 Å². The molecule has 1 fully saturated rings. The lowest BCUT2D eigenvalue weighted by molar-refractivity contribution is 0.116. The molecule has 1 aromatic heterocycles. The average molecular weight is 227 g/mol. The van der Waals surface area contributed by atoms with Crippen molar-refractivity contribution in [3.8, 4) is 0 Å². The van der Waals surface area contributed by atoms with Gasteiger partial charge in [-0.25, -0.2) is 4.98 Å². The summed E-state index contributed by atoms with van der Waals surface area (Å²) in [5, 5.41) is 13.6. The van der Waals surface area contributed by atoms with E-state index in [1.165, 1.54) is 6.42 Å². The monoisotopic (exact) mass is 226 g/mol. The topological polar surface area (TPSA) is 45.1 Å². The molecule has 4 heteroatoms.